The summed E-state index contributed by atoms with van der Waals surface area (Å²) < 4.78 is 47.8. The van der Waals surface area contributed by atoms with Crippen LogP contribution in [0.3, 0.4) is 0 Å². The molecule has 0 unspecified atom stereocenters. The number of halogens is 4. The second-order valence-electron chi connectivity index (χ2n) is 6.90. The average Bonchev–Trinajstić information content (AvgIpc) is 3.48. The molecule has 0 radical (unpaired) electrons. The smallest absolute Gasteiger partial charge is 0.337 e. The van der Waals surface area contributed by atoms with Crippen molar-refractivity contribution < 1.29 is 17.7 Å². The molecule has 0 atom stereocenters. The highest BCUT2D eigenvalue weighted by Gasteiger charge is 2.30. The highest BCUT2D eigenvalue weighted by molar-refractivity contribution is 5.86. The van der Waals surface area contributed by atoms with Crippen molar-refractivity contribution in [2.75, 3.05) is 0 Å². The van der Waals surface area contributed by atoms with E-state index >= 15 is 0 Å². The molecule has 0 fully saturated rings. The predicted octanol–water partition coefficient (Wildman–Crippen LogP) is 5.97. The molecule has 0 amide bonds. The van der Waals surface area contributed by atoms with Crippen molar-refractivity contribution >= 4 is 23.3 Å². The van der Waals surface area contributed by atoms with Crippen molar-refractivity contribution in [3.05, 3.63) is 90.6 Å². The van der Waals surface area contributed by atoms with E-state index in [-0.39, 0.29) is 12.4 Å². The van der Waals surface area contributed by atoms with Gasteiger partial charge in [0.25, 0.3) is 0 Å². The third-order valence-corrected chi connectivity index (χ3v) is 4.95. The van der Waals surface area contributed by atoms with Crippen LogP contribution in [0, 0.1) is 0 Å². The minimum absolute atomic E-state index is 0. The zero-order chi connectivity index (χ0) is 20.7. The van der Waals surface area contributed by atoms with Crippen molar-refractivity contribution in [3.63, 3.8) is 0 Å². The van der Waals surface area contributed by atoms with Gasteiger partial charge in [-0.15, -0.1) is 12.4 Å². The van der Waals surface area contributed by atoms with Gasteiger partial charge in [-0.25, -0.2) is 4.98 Å². The molecule has 5 nitrogen and oxygen atoms in total. The van der Waals surface area contributed by atoms with Gasteiger partial charge in [0.15, 0.2) is 0 Å². The maximum Gasteiger partial charge on any atom is 0.416 e. The van der Waals surface area contributed by atoms with Crippen LogP contribution in [0.25, 0.3) is 28.0 Å². The molecule has 5 rings (SSSR count). The van der Waals surface area contributed by atoms with Gasteiger partial charge in [-0.3, -0.25) is 4.57 Å². The van der Waals surface area contributed by atoms with E-state index in [0.717, 1.165) is 28.6 Å². The van der Waals surface area contributed by atoms with Crippen molar-refractivity contribution in [1.82, 2.24) is 19.3 Å². The molecule has 0 bridgehead atoms. The fourth-order valence-electron chi connectivity index (χ4n) is 3.48. The molecule has 9 heteroatoms. The maximum absolute atomic E-state index is 12.8. The number of alkyl halides is 3. The Kier molecular flexibility index (Phi) is 5.32. The number of aromatic nitrogens is 4. The van der Waals surface area contributed by atoms with Gasteiger partial charge in [-0.05, 0) is 23.8 Å². The van der Waals surface area contributed by atoms with E-state index in [0.29, 0.717) is 23.7 Å². The van der Waals surface area contributed by atoms with Crippen LogP contribution in [0.5, 0.6) is 0 Å². The van der Waals surface area contributed by atoms with Gasteiger partial charge in [0.05, 0.1) is 24.0 Å². The summed E-state index contributed by atoms with van der Waals surface area (Å²) in [6.07, 6.45) is 2.98. The second kappa shape index (κ2) is 7.96. The topological polar surface area (TPSA) is 48.8 Å². The Morgan fingerprint density at radius 2 is 1.77 bits per heavy atom. The van der Waals surface area contributed by atoms with Crippen LogP contribution in [0.2, 0.25) is 0 Å². The Balaban J connectivity index is 0.00000231. The quantitative estimate of drug-likeness (QED) is 0.343. The highest BCUT2D eigenvalue weighted by atomic mass is 35.5. The number of hydrogen-bond acceptors (Lipinski definition) is 3. The molecule has 5 aromatic rings. The Labute approximate surface area is 181 Å². The molecule has 0 saturated heterocycles. The molecular formula is C22H16ClF3N4O. The van der Waals surface area contributed by atoms with E-state index in [1.165, 1.54) is 12.1 Å². The Hall–Kier alpha value is -3.52. The van der Waals surface area contributed by atoms with Gasteiger partial charge >= 0.3 is 6.18 Å². The van der Waals surface area contributed by atoms with E-state index in [1.807, 2.05) is 45.8 Å². The van der Waals surface area contributed by atoms with Crippen LogP contribution in [0.4, 0.5) is 13.2 Å². The van der Waals surface area contributed by atoms with E-state index in [1.54, 1.807) is 18.6 Å². The summed E-state index contributed by atoms with van der Waals surface area (Å²) >= 11 is 0. The van der Waals surface area contributed by atoms with Gasteiger partial charge in [-0.1, -0.05) is 35.5 Å². The monoisotopic (exact) mass is 444 g/mol. The Morgan fingerprint density at radius 3 is 2.48 bits per heavy atom. The minimum atomic E-state index is -4.37. The number of hydrogen-bond donors (Lipinski definition) is 0. The largest absolute Gasteiger partial charge is 0.416 e. The van der Waals surface area contributed by atoms with Gasteiger partial charge < -0.3 is 9.09 Å². The van der Waals surface area contributed by atoms with E-state index in [2.05, 4.69) is 10.1 Å². The fraction of sp³-hybridized carbons (Fsp3) is 0.0909. The molecule has 3 aromatic heterocycles. The number of imidazole rings is 1. The molecular weight excluding hydrogens is 429 g/mol. The number of rotatable bonds is 4. The van der Waals surface area contributed by atoms with Crippen LogP contribution in [0.15, 0.2) is 84.0 Å². The van der Waals surface area contributed by atoms with Crippen molar-refractivity contribution in [2.45, 2.75) is 12.7 Å². The summed E-state index contributed by atoms with van der Waals surface area (Å²) in [6, 6.07) is 14.5. The van der Waals surface area contributed by atoms with Crippen molar-refractivity contribution in [3.8, 4) is 17.1 Å². The molecule has 0 N–H and O–H groups in total. The van der Waals surface area contributed by atoms with Crippen molar-refractivity contribution in [1.29, 1.82) is 0 Å². The first-order valence-electron chi connectivity index (χ1n) is 9.18. The lowest BCUT2D eigenvalue weighted by atomic mass is 10.1. The summed E-state index contributed by atoms with van der Waals surface area (Å²) in [6.45, 7) is 0.646. The van der Waals surface area contributed by atoms with Crippen LogP contribution >= 0.6 is 12.4 Å². The van der Waals surface area contributed by atoms with Gasteiger partial charge in [0, 0.05) is 35.6 Å². The molecule has 2 aromatic carbocycles. The highest BCUT2D eigenvalue weighted by Crippen LogP contribution is 2.32. The van der Waals surface area contributed by atoms with Crippen LogP contribution in [-0.4, -0.2) is 19.3 Å². The van der Waals surface area contributed by atoms with Gasteiger partial charge in [-0.2, -0.15) is 13.2 Å². The van der Waals surface area contributed by atoms with E-state index < -0.39 is 11.7 Å². The van der Waals surface area contributed by atoms with E-state index in [4.69, 9.17) is 4.52 Å². The molecule has 3 heterocycles. The first kappa shape index (κ1) is 20.7. The average molecular weight is 445 g/mol. The molecule has 158 valence electrons. The SMILES string of the molecule is Cl.FC(F)(F)c1ccc(-c2cc(-n3cc(Cn4ccnc4)c4ccccc43)on2)cc1. The fourth-order valence-corrected chi connectivity index (χ4v) is 3.48. The third-order valence-electron chi connectivity index (χ3n) is 4.95. The van der Waals surface area contributed by atoms with Crippen LogP contribution < -0.4 is 0 Å². The first-order valence-corrected chi connectivity index (χ1v) is 9.18. The lowest BCUT2D eigenvalue weighted by Gasteiger charge is -2.06. The summed E-state index contributed by atoms with van der Waals surface area (Å²) in [5, 5.41) is 5.12. The first-order chi connectivity index (χ1) is 14.5. The zero-order valence-electron chi connectivity index (χ0n) is 16.0. The Bertz CT molecular complexity index is 1310. The predicted molar refractivity (Wildman–Crippen MR) is 112 cm³/mol. The normalized spacial score (nSPS) is 11.6. The molecule has 0 spiro atoms. The number of benzene rings is 2. The Morgan fingerprint density at radius 1 is 1.00 bits per heavy atom. The summed E-state index contributed by atoms with van der Waals surface area (Å²) in [5.74, 6) is 0.484. The molecule has 0 aliphatic carbocycles. The summed E-state index contributed by atoms with van der Waals surface area (Å²) in [4.78, 5) is 4.08. The minimum Gasteiger partial charge on any atom is -0.337 e. The molecule has 0 aliphatic heterocycles. The standard InChI is InChI=1S/C22H15F3N4O.ClH/c23-22(24,25)17-7-5-15(6-8-17)19-11-21(30-27-19)29-13-16(12-28-10-9-26-14-28)18-3-1-2-4-20(18)29;/h1-11,13-14H,12H2;1H. The third kappa shape index (κ3) is 3.94. The maximum atomic E-state index is 12.8. The molecule has 0 saturated carbocycles. The lowest BCUT2D eigenvalue weighted by Crippen LogP contribution is -2.03. The van der Waals surface area contributed by atoms with Crippen LogP contribution in [-0.2, 0) is 12.7 Å². The van der Waals surface area contributed by atoms with Crippen molar-refractivity contribution in [2.24, 2.45) is 0 Å². The van der Waals surface area contributed by atoms with Gasteiger partial charge in [0.2, 0.25) is 5.88 Å². The summed E-state index contributed by atoms with van der Waals surface area (Å²) in [7, 11) is 0. The lowest BCUT2D eigenvalue weighted by molar-refractivity contribution is -0.137. The number of nitrogens with zero attached hydrogens (tertiary/aromatic N) is 4. The second-order valence-corrected chi connectivity index (χ2v) is 6.90. The number of para-hydroxylation sites is 1. The molecule has 0 aliphatic rings. The molecule has 31 heavy (non-hydrogen) atoms. The van der Waals surface area contributed by atoms with Crippen LogP contribution in [0.1, 0.15) is 11.1 Å². The number of fused-ring (bicyclic) bond motifs is 1. The van der Waals surface area contributed by atoms with Gasteiger partial charge in [0.1, 0.15) is 5.69 Å². The zero-order valence-corrected chi connectivity index (χ0v) is 16.8. The summed E-state index contributed by atoms with van der Waals surface area (Å²) in [5.41, 5.74) is 2.34. The van der Waals surface area contributed by atoms with E-state index in [9.17, 15) is 13.2 Å².